The molecular weight excluding hydrogens is 407 g/mol. The number of amides is 1. The summed E-state index contributed by atoms with van der Waals surface area (Å²) in [5, 5.41) is 2.89. The molecule has 0 heterocycles. The number of benzene rings is 1. The minimum absolute atomic E-state index is 0.0299. The first-order valence-corrected chi connectivity index (χ1v) is 11.5. The smallest absolute Gasteiger partial charge is 0.407 e. The van der Waals surface area contributed by atoms with Crippen molar-refractivity contribution in [2.45, 2.75) is 96.3 Å². The first-order chi connectivity index (χ1) is 13.7. The van der Waals surface area contributed by atoms with Crippen molar-refractivity contribution in [1.82, 2.24) is 10.0 Å². The second-order valence-electron chi connectivity index (χ2n) is 9.80. The van der Waals surface area contributed by atoms with Crippen LogP contribution in [0, 0.1) is 5.82 Å². The third kappa shape index (κ3) is 7.63. The van der Waals surface area contributed by atoms with E-state index in [2.05, 4.69) is 10.0 Å². The van der Waals surface area contributed by atoms with Gasteiger partial charge in [-0.25, -0.2) is 9.18 Å². The summed E-state index contributed by atoms with van der Waals surface area (Å²) >= 11 is -1.30. The molecule has 0 radical (unpaired) electrons. The van der Waals surface area contributed by atoms with E-state index in [4.69, 9.17) is 9.47 Å². The molecule has 0 spiro atoms. The van der Waals surface area contributed by atoms with E-state index < -0.39 is 27.8 Å². The second-order valence-corrected chi connectivity index (χ2v) is 11.8. The molecule has 1 aromatic rings. The quantitative estimate of drug-likeness (QED) is 0.621. The molecule has 0 aromatic heterocycles. The topological polar surface area (TPSA) is 82.6 Å². The number of hydrogen-bond donors (Lipinski definition) is 2. The molecule has 0 saturated heterocycles. The third-order valence-corrected chi connectivity index (χ3v) is 6.36. The van der Waals surface area contributed by atoms with Crippen LogP contribution >= 0.6 is 0 Å². The number of nitrogens with one attached hydrogen (secondary N) is 2. The summed E-state index contributed by atoms with van der Waals surface area (Å²) in [7, 11) is 0. The van der Waals surface area contributed by atoms with E-state index in [0.717, 1.165) is 12.8 Å². The van der Waals surface area contributed by atoms with Crippen molar-refractivity contribution in [2.24, 2.45) is 0 Å². The Kier molecular flexibility index (Phi) is 8.04. The molecule has 1 fully saturated rings. The average Bonchev–Trinajstić information content (AvgIpc) is 3.00. The first kappa shape index (κ1) is 24.8. The zero-order valence-electron chi connectivity index (χ0n) is 19.0. The molecule has 1 amide bonds. The van der Waals surface area contributed by atoms with Crippen molar-refractivity contribution in [2.75, 3.05) is 0 Å². The molecule has 0 bridgehead atoms. The Balaban J connectivity index is 2.01. The highest BCUT2D eigenvalue weighted by molar-refractivity contribution is 7.90. The molecule has 1 aromatic carbocycles. The Morgan fingerprint density at radius 3 is 2.50 bits per heavy atom. The number of carbonyl (C=O) groups is 1. The maximum atomic E-state index is 13.9. The Labute approximate surface area is 182 Å². The van der Waals surface area contributed by atoms with Crippen LogP contribution in [-0.4, -0.2) is 33.1 Å². The van der Waals surface area contributed by atoms with Crippen LogP contribution in [0.25, 0.3) is 0 Å². The van der Waals surface area contributed by atoms with E-state index in [-0.39, 0.29) is 24.0 Å². The SMILES string of the molecule is C[C@@H](N[S@+]([O-])C(C)(C)C)c1cc(F)ccc1O[C@@H]1CC[C@@H](NC(=O)OC(C)(C)C)C1. The van der Waals surface area contributed by atoms with Gasteiger partial charge < -0.3 is 19.3 Å². The largest absolute Gasteiger partial charge is 0.598 e. The van der Waals surface area contributed by atoms with Crippen LogP contribution in [0.5, 0.6) is 5.75 Å². The van der Waals surface area contributed by atoms with Crippen molar-refractivity contribution >= 4 is 17.5 Å². The number of carbonyl (C=O) groups excluding carboxylic acids is 1. The van der Waals surface area contributed by atoms with Crippen LogP contribution < -0.4 is 14.8 Å². The number of alkyl carbamates (subject to hydrolysis) is 1. The fourth-order valence-corrected chi connectivity index (χ4v) is 4.00. The van der Waals surface area contributed by atoms with E-state index in [1.54, 1.807) is 6.07 Å². The van der Waals surface area contributed by atoms with Gasteiger partial charge in [0.05, 0.1) is 6.04 Å². The summed E-state index contributed by atoms with van der Waals surface area (Å²) < 4.78 is 40.4. The zero-order chi connectivity index (χ0) is 22.7. The molecule has 2 rings (SSSR count). The van der Waals surface area contributed by atoms with Crippen molar-refractivity contribution in [3.8, 4) is 5.75 Å². The summed E-state index contributed by atoms with van der Waals surface area (Å²) in [4.78, 5) is 12.0. The molecule has 8 heteroatoms. The van der Waals surface area contributed by atoms with Gasteiger partial charge in [-0.3, -0.25) is 0 Å². The summed E-state index contributed by atoms with van der Waals surface area (Å²) in [6.07, 6.45) is 1.66. The average molecular weight is 443 g/mol. The lowest BCUT2D eigenvalue weighted by Gasteiger charge is -2.27. The monoisotopic (exact) mass is 442 g/mol. The zero-order valence-corrected chi connectivity index (χ0v) is 19.8. The summed E-state index contributed by atoms with van der Waals surface area (Å²) in [5.74, 6) is 0.189. The Hall–Kier alpha value is -1.51. The highest BCUT2D eigenvalue weighted by atomic mass is 32.2. The molecule has 1 saturated carbocycles. The lowest BCUT2D eigenvalue weighted by Crippen LogP contribution is -2.40. The molecule has 1 aliphatic carbocycles. The lowest BCUT2D eigenvalue weighted by molar-refractivity contribution is 0.0503. The van der Waals surface area contributed by atoms with E-state index in [1.165, 1.54) is 12.1 Å². The van der Waals surface area contributed by atoms with Gasteiger partial charge in [-0.1, -0.05) is 0 Å². The number of ether oxygens (including phenoxy) is 2. The second kappa shape index (κ2) is 9.75. The van der Waals surface area contributed by atoms with Gasteiger partial charge in [-0.2, -0.15) is 0 Å². The molecule has 2 N–H and O–H groups in total. The Morgan fingerprint density at radius 2 is 1.90 bits per heavy atom. The van der Waals surface area contributed by atoms with Gasteiger partial charge in [0.25, 0.3) is 0 Å². The first-order valence-electron chi connectivity index (χ1n) is 10.4. The molecule has 6 nitrogen and oxygen atoms in total. The number of hydrogen-bond acceptors (Lipinski definition) is 5. The van der Waals surface area contributed by atoms with Crippen LogP contribution in [0.4, 0.5) is 9.18 Å². The maximum absolute atomic E-state index is 13.9. The molecule has 0 unspecified atom stereocenters. The molecule has 30 heavy (non-hydrogen) atoms. The van der Waals surface area contributed by atoms with Gasteiger partial charge in [0.15, 0.2) is 0 Å². The minimum Gasteiger partial charge on any atom is -0.598 e. The maximum Gasteiger partial charge on any atom is 0.407 e. The summed E-state index contributed by atoms with van der Waals surface area (Å²) in [5.41, 5.74) is 0.0777. The lowest BCUT2D eigenvalue weighted by atomic mass is 10.1. The predicted molar refractivity (Wildman–Crippen MR) is 117 cm³/mol. The van der Waals surface area contributed by atoms with Gasteiger partial charge in [0.1, 0.15) is 28.0 Å². The van der Waals surface area contributed by atoms with Crippen molar-refractivity contribution in [1.29, 1.82) is 0 Å². The van der Waals surface area contributed by atoms with Crippen LogP contribution in [0.1, 0.15) is 79.3 Å². The van der Waals surface area contributed by atoms with Gasteiger partial charge >= 0.3 is 6.09 Å². The third-order valence-electron chi connectivity index (χ3n) is 4.68. The number of halogens is 1. The fourth-order valence-electron chi connectivity index (χ4n) is 3.20. The van der Waals surface area contributed by atoms with E-state index in [0.29, 0.717) is 17.7 Å². The van der Waals surface area contributed by atoms with E-state index in [1.807, 2.05) is 48.5 Å². The molecule has 1 aliphatic rings. The van der Waals surface area contributed by atoms with E-state index in [9.17, 15) is 13.7 Å². The Morgan fingerprint density at radius 1 is 1.23 bits per heavy atom. The molecule has 170 valence electrons. The van der Waals surface area contributed by atoms with Gasteiger partial charge in [0, 0.05) is 29.4 Å². The normalized spacial score (nSPS) is 21.8. The van der Waals surface area contributed by atoms with Crippen LogP contribution in [0.15, 0.2) is 18.2 Å². The van der Waals surface area contributed by atoms with Crippen LogP contribution in [0.3, 0.4) is 0 Å². The highest BCUT2D eigenvalue weighted by Crippen LogP contribution is 2.32. The highest BCUT2D eigenvalue weighted by Gasteiger charge is 2.32. The standard InChI is InChI=1S/C22H35FN2O4S/c1-14(25-30(27)22(5,6)7)18-12-15(23)8-11-19(18)28-17-10-9-16(13-17)24-20(26)29-21(2,3)4/h8,11-12,14,16-17,25H,9-10,13H2,1-7H3,(H,24,26)/t14-,16-,17-,30-/m1/s1. The van der Waals surface area contributed by atoms with Crippen LogP contribution in [0.2, 0.25) is 0 Å². The fraction of sp³-hybridized carbons (Fsp3) is 0.682. The van der Waals surface area contributed by atoms with E-state index >= 15 is 0 Å². The van der Waals surface area contributed by atoms with Crippen molar-refractivity contribution in [3.05, 3.63) is 29.6 Å². The van der Waals surface area contributed by atoms with Gasteiger partial charge in [-0.05, 0) is 79.5 Å². The minimum atomic E-state index is -1.30. The molecule has 0 aliphatic heterocycles. The van der Waals surface area contributed by atoms with Crippen LogP contribution in [-0.2, 0) is 16.1 Å². The van der Waals surface area contributed by atoms with Crippen molar-refractivity contribution in [3.63, 3.8) is 0 Å². The number of rotatable bonds is 6. The van der Waals surface area contributed by atoms with Gasteiger partial charge in [0.2, 0.25) is 0 Å². The predicted octanol–water partition coefficient (Wildman–Crippen LogP) is 4.76. The summed E-state index contributed by atoms with van der Waals surface area (Å²) in [6, 6.07) is 4.00. The molecular formula is C22H35FN2O4S. The Bertz CT molecular complexity index is 733. The summed E-state index contributed by atoms with van der Waals surface area (Å²) in [6.45, 7) is 12.9. The van der Waals surface area contributed by atoms with Crippen molar-refractivity contribution < 1.29 is 23.2 Å². The molecule has 4 atom stereocenters. The van der Waals surface area contributed by atoms with Gasteiger partial charge in [-0.15, -0.1) is 4.72 Å².